The number of amides is 1. The highest BCUT2D eigenvalue weighted by molar-refractivity contribution is 6.37. The van der Waals surface area contributed by atoms with Crippen molar-refractivity contribution in [2.75, 3.05) is 0 Å². The van der Waals surface area contributed by atoms with Gasteiger partial charge >= 0.3 is 0 Å². The molecule has 1 amide bonds. The fraction of sp³-hybridized carbons (Fsp3) is 0.308. The van der Waals surface area contributed by atoms with Crippen molar-refractivity contribution in [1.29, 1.82) is 0 Å². The number of carbonyl (C=O) groups is 1. The molecule has 0 saturated heterocycles. The zero-order valence-corrected chi connectivity index (χ0v) is 12.4. The first-order chi connectivity index (χ1) is 10.1. The summed E-state index contributed by atoms with van der Waals surface area (Å²) < 4.78 is 1.76. The molecule has 110 valence electrons. The van der Waals surface area contributed by atoms with Crippen LogP contribution in [0.25, 0.3) is 0 Å². The van der Waals surface area contributed by atoms with Crippen LogP contribution in [0, 0.1) is 0 Å². The molecule has 1 aromatic carbocycles. The number of aromatic hydroxyl groups is 1. The van der Waals surface area contributed by atoms with E-state index in [0.717, 1.165) is 19.4 Å². The first-order valence-electron chi connectivity index (χ1n) is 6.43. The predicted octanol–water partition coefficient (Wildman–Crippen LogP) is 2.56. The number of phenols is 1. The fourth-order valence-electron chi connectivity index (χ4n) is 2.44. The Morgan fingerprint density at radius 2 is 2.24 bits per heavy atom. The summed E-state index contributed by atoms with van der Waals surface area (Å²) in [6.07, 6.45) is 3.12. The third-order valence-electron chi connectivity index (χ3n) is 3.39. The van der Waals surface area contributed by atoms with Gasteiger partial charge in [0.25, 0.3) is 5.91 Å². The third kappa shape index (κ3) is 2.69. The lowest BCUT2D eigenvalue weighted by atomic mass is 10.1. The van der Waals surface area contributed by atoms with Gasteiger partial charge in [0, 0.05) is 11.6 Å². The first-order valence-corrected chi connectivity index (χ1v) is 7.18. The minimum atomic E-state index is -0.462. The Balaban J connectivity index is 1.86. The summed E-state index contributed by atoms with van der Waals surface area (Å²) in [5, 5.41) is 17.2. The number of aryl methyl sites for hydroxylation is 1. The number of hydrogen-bond acceptors (Lipinski definition) is 4. The number of nitrogens with one attached hydrogen (secondary N) is 1. The highest BCUT2D eigenvalue weighted by Crippen LogP contribution is 2.31. The fourth-order valence-corrected chi connectivity index (χ4v) is 3.01. The van der Waals surface area contributed by atoms with Gasteiger partial charge in [0.15, 0.2) is 0 Å². The Labute approximate surface area is 130 Å². The molecular formula is C13H12Cl2N4O2. The van der Waals surface area contributed by atoms with Crippen molar-refractivity contribution >= 4 is 29.1 Å². The number of hydrogen-bond donors (Lipinski definition) is 2. The number of rotatable bonds is 2. The van der Waals surface area contributed by atoms with Crippen molar-refractivity contribution in [2.24, 2.45) is 0 Å². The van der Waals surface area contributed by atoms with E-state index in [1.807, 2.05) is 0 Å². The summed E-state index contributed by atoms with van der Waals surface area (Å²) in [7, 11) is 0. The van der Waals surface area contributed by atoms with Gasteiger partial charge in [-0.1, -0.05) is 23.2 Å². The maximum atomic E-state index is 12.3. The number of benzene rings is 1. The normalized spacial score (nSPS) is 17.3. The molecule has 0 spiro atoms. The summed E-state index contributed by atoms with van der Waals surface area (Å²) in [6, 6.07) is 2.45. The van der Waals surface area contributed by atoms with Crippen molar-refractivity contribution < 1.29 is 9.90 Å². The van der Waals surface area contributed by atoms with Crippen LogP contribution in [0.15, 0.2) is 18.5 Å². The lowest BCUT2D eigenvalue weighted by Crippen LogP contribution is -2.33. The van der Waals surface area contributed by atoms with E-state index >= 15 is 0 Å². The minimum Gasteiger partial charge on any atom is -0.507 e. The monoisotopic (exact) mass is 326 g/mol. The average molecular weight is 327 g/mol. The van der Waals surface area contributed by atoms with Crippen molar-refractivity contribution in [1.82, 2.24) is 20.1 Å². The van der Waals surface area contributed by atoms with E-state index in [1.165, 1.54) is 18.5 Å². The molecule has 0 fully saturated rings. The third-order valence-corrected chi connectivity index (χ3v) is 3.90. The van der Waals surface area contributed by atoms with Gasteiger partial charge in [-0.05, 0) is 25.0 Å². The Hall–Kier alpha value is -1.79. The molecule has 2 N–H and O–H groups in total. The van der Waals surface area contributed by atoms with Gasteiger partial charge in [-0.3, -0.25) is 4.79 Å². The van der Waals surface area contributed by atoms with Crippen LogP contribution in [0.4, 0.5) is 0 Å². The molecule has 6 nitrogen and oxygen atoms in total. The molecule has 2 aromatic rings. The van der Waals surface area contributed by atoms with E-state index < -0.39 is 5.91 Å². The second-order valence-corrected chi connectivity index (χ2v) is 5.64. The molecule has 1 unspecified atom stereocenters. The van der Waals surface area contributed by atoms with Gasteiger partial charge in [0.1, 0.15) is 17.9 Å². The molecule has 0 aliphatic carbocycles. The molecule has 1 aliphatic rings. The molecule has 8 heteroatoms. The zero-order valence-electron chi connectivity index (χ0n) is 10.9. The van der Waals surface area contributed by atoms with E-state index in [0.29, 0.717) is 5.82 Å². The van der Waals surface area contributed by atoms with E-state index in [2.05, 4.69) is 15.4 Å². The van der Waals surface area contributed by atoms with Gasteiger partial charge in [-0.25, -0.2) is 9.67 Å². The molecular weight excluding hydrogens is 315 g/mol. The molecule has 0 bridgehead atoms. The van der Waals surface area contributed by atoms with Crippen LogP contribution in [0.2, 0.25) is 10.0 Å². The van der Waals surface area contributed by atoms with E-state index in [4.69, 9.17) is 23.2 Å². The zero-order chi connectivity index (χ0) is 15.0. The van der Waals surface area contributed by atoms with Crippen LogP contribution in [-0.4, -0.2) is 25.8 Å². The van der Waals surface area contributed by atoms with Crippen molar-refractivity contribution in [3.8, 4) is 5.75 Å². The second kappa shape index (κ2) is 5.54. The predicted molar refractivity (Wildman–Crippen MR) is 77.6 cm³/mol. The molecule has 2 heterocycles. The van der Waals surface area contributed by atoms with Crippen LogP contribution in [0.5, 0.6) is 5.75 Å². The standard InChI is InChI=1S/C13H12Cl2N4O2/c14-7-4-8(15)11(10(20)5-7)13(21)18-9-2-1-3-19-12(9)16-6-17-19/h4-6,9,20H,1-3H2,(H,18,21). The quantitative estimate of drug-likeness (QED) is 0.888. The topological polar surface area (TPSA) is 80.0 Å². The second-order valence-electron chi connectivity index (χ2n) is 4.79. The molecule has 21 heavy (non-hydrogen) atoms. The van der Waals surface area contributed by atoms with E-state index in [1.54, 1.807) is 4.68 Å². The smallest absolute Gasteiger partial charge is 0.257 e. The van der Waals surface area contributed by atoms with Gasteiger partial charge in [0.2, 0.25) is 0 Å². The first kappa shape index (κ1) is 14.2. The summed E-state index contributed by atoms with van der Waals surface area (Å²) >= 11 is 11.8. The van der Waals surface area contributed by atoms with Crippen LogP contribution < -0.4 is 5.32 Å². The van der Waals surface area contributed by atoms with Crippen LogP contribution in [0.1, 0.15) is 35.1 Å². The number of carbonyl (C=O) groups excluding carboxylic acids is 1. The van der Waals surface area contributed by atoms with Gasteiger partial charge in [-0.15, -0.1) is 0 Å². The highest BCUT2D eigenvalue weighted by Gasteiger charge is 2.26. The van der Waals surface area contributed by atoms with Crippen LogP contribution in [0.3, 0.4) is 0 Å². The minimum absolute atomic E-state index is 0.0118. The molecule has 1 aliphatic heterocycles. The molecule has 1 atom stereocenters. The van der Waals surface area contributed by atoms with Gasteiger partial charge in [-0.2, -0.15) is 5.10 Å². The average Bonchev–Trinajstić information content (AvgIpc) is 2.86. The number of aromatic nitrogens is 3. The maximum absolute atomic E-state index is 12.3. The van der Waals surface area contributed by atoms with Crippen molar-refractivity contribution in [2.45, 2.75) is 25.4 Å². The van der Waals surface area contributed by atoms with E-state index in [9.17, 15) is 9.90 Å². The maximum Gasteiger partial charge on any atom is 0.257 e. The lowest BCUT2D eigenvalue weighted by molar-refractivity contribution is 0.0925. The Morgan fingerprint density at radius 3 is 3.00 bits per heavy atom. The molecule has 3 rings (SSSR count). The number of halogens is 2. The summed E-state index contributed by atoms with van der Waals surface area (Å²) in [6.45, 7) is 0.786. The van der Waals surface area contributed by atoms with Gasteiger partial charge in [0.05, 0.1) is 16.6 Å². The Kier molecular flexibility index (Phi) is 3.73. The molecule has 1 aromatic heterocycles. The number of fused-ring (bicyclic) bond motifs is 1. The SMILES string of the molecule is O=C(NC1CCCn2ncnc21)c1c(O)cc(Cl)cc1Cl. The lowest BCUT2D eigenvalue weighted by Gasteiger charge is -2.23. The largest absolute Gasteiger partial charge is 0.507 e. The van der Waals surface area contributed by atoms with Crippen molar-refractivity contribution in [3.63, 3.8) is 0 Å². The van der Waals surface area contributed by atoms with Crippen LogP contribution >= 0.6 is 23.2 Å². The molecule has 0 radical (unpaired) electrons. The Morgan fingerprint density at radius 1 is 1.43 bits per heavy atom. The highest BCUT2D eigenvalue weighted by atomic mass is 35.5. The Bertz CT molecular complexity index is 678. The number of phenolic OH excluding ortho intramolecular Hbond substituents is 1. The summed E-state index contributed by atoms with van der Waals surface area (Å²) in [4.78, 5) is 16.5. The number of nitrogens with zero attached hydrogens (tertiary/aromatic N) is 3. The van der Waals surface area contributed by atoms with E-state index in [-0.39, 0.29) is 27.4 Å². The summed E-state index contributed by atoms with van der Waals surface area (Å²) in [5.41, 5.74) is 0.0118. The summed E-state index contributed by atoms with van der Waals surface area (Å²) in [5.74, 6) is -0.00271. The van der Waals surface area contributed by atoms with Gasteiger partial charge < -0.3 is 10.4 Å². The van der Waals surface area contributed by atoms with Crippen LogP contribution in [-0.2, 0) is 6.54 Å². The van der Waals surface area contributed by atoms with Crippen molar-refractivity contribution in [3.05, 3.63) is 39.9 Å². The molecule has 0 saturated carbocycles.